The maximum atomic E-state index is 12.0. The van der Waals surface area contributed by atoms with Gasteiger partial charge in [-0.05, 0) is 30.7 Å². The van der Waals surface area contributed by atoms with E-state index in [1.54, 1.807) is 49.6 Å². The molecule has 2 rings (SSSR count). The molecule has 0 bridgehead atoms. The minimum Gasteiger partial charge on any atom is -0.497 e. The second kappa shape index (κ2) is 8.57. The summed E-state index contributed by atoms with van der Waals surface area (Å²) in [6.45, 7) is 0. The Bertz CT molecular complexity index is 705. The number of hydrogen-bond acceptors (Lipinski definition) is 4. The number of hydrogen-bond donors (Lipinski definition) is 2. The predicted octanol–water partition coefficient (Wildman–Crippen LogP) is 3.81. The SMILES string of the molecule is COc1ccc(C(O)CCC(=O)Nc2ccccc2Cl)c(OC)c1. The summed E-state index contributed by atoms with van der Waals surface area (Å²) in [5, 5.41) is 13.5. The second-order valence-corrected chi connectivity index (χ2v) is 5.60. The molecule has 5 nitrogen and oxygen atoms in total. The topological polar surface area (TPSA) is 67.8 Å². The first-order valence-corrected chi connectivity index (χ1v) is 7.87. The van der Waals surface area contributed by atoms with Crippen molar-refractivity contribution in [3.05, 3.63) is 53.1 Å². The molecule has 0 heterocycles. The minimum atomic E-state index is -0.817. The monoisotopic (exact) mass is 349 g/mol. The number of rotatable bonds is 7. The molecule has 0 aliphatic rings. The second-order valence-electron chi connectivity index (χ2n) is 5.19. The Kier molecular flexibility index (Phi) is 6.46. The summed E-state index contributed by atoms with van der Waals surface area (Å²) >= 11 is 6.00. The lowest BCUT2D eigenvalue weighted by atomic mass is 10.0. The molecule has 128 valence electrons. The van der Waals surface area contributed by atoms with Crippen LogP contribution in [0.3, 0.4) is 0 Å². The number of para-hydroxylation sites is 1. The van der Waals surface area contributed by atoms with Crippen LogP contribution in [-0.2, 0) is 4.79 Å². The molecule has 0 fully saturated rings. The van der Waals surface area contributed by atoms with Crippen LogP contribution in [0, 0.1) is 0 Å². The number of methoxy groups -OCH3 is 2. The lowest BCUT2D eigenvalue weighted by Crippen LogP contribution is -2.13. The fourth-order valence-electron chi connectivity index (χ4n) is 2.29. The molecule has 0 radical (unpaired) electrons. The molecule has 1 amide bonds. The standard InChI is InChI=1S/C18H20ClNO4/c1-23-12-7-8-13(17(11-12)24-2)16(21)9-10-18(22)20-15-6-4-3-5-14(15)19/h3-8,11,16,21H,9-10H2,1-2H3,(H,20,22). The van der Waals surface area contributed by atoms with Gasteiger partial charge in [0, 0.05) is 18.1 Å². The number of aliphatic hydroxyl groups excluding tert-OH is 1. The highest BCUT2D eigenvalue weighted by molar-refractivity contribution is 6.33. The summed E-state index contributed by atoms with van der Waals surface area (Å²) in [6, 6.07) is 12.2. The van der Waals surface area contributed by atoms with E-state index in [-0.39, 0.29) is 18.7 Å². The summed E-state index contributed by atoms with van der Waals surface area (Å²) in [7, 11) is 3.08. The van der Waals surface area contributed by atoms with Crippen LogP contribution in [0.1, 0.15) is 24.5 Å². The van der Waals surface area contributed by atoms with Crippen molar-refractivity contribution >= 4 is 23.2 Å². The van der Waals surface area contributed by atoms with E-state index in [1.165, 1.54) is 7.11 Å². The molecule has 24 heavy (non-hydrogen) atoms. The van der Waals surface area contributed by atoms with E-state index in [2.05, 4.69) is 5.32 Å². The number of carbonyl (C=O) groups excluding carboxylic acids is 1. The Balaban J connectivity index is 1.96. The Morgan fingerprint density at radius 3 is 2.62 bits per heavy atom. The fraction of sp³-hybridized carbons (Fsp3) is 0.278. The van der Waals surface area contributed by atoms with Crippen molar-refractivity contribution < 1.29 is 19.4 Å². The van der Waals surface area contributed by atoms with Gasteiger partial charge >= 0.3 is 0 Å². The fourth-order valence-corrected chi connectivity index (χ4v) is 2.48. The van der Waals surface area contributed by atoms with Gasteiger partial charge in [-0.25, -0.2) is 0 Å². The Hall–Kier alpha value is -2.24. The summed E-state index contributed by atoms with van der Waals surface area (Å²) in [5.74, 6) is 0.947. The molecule has 0 saturated heterocycles. The van der Waals surface area contributed by atoms with Crippen molar-refractivity contribution in [1.82, 2.24) is 0 Å². The minimum absolute atomic E-state index is 0.154. The van der Waals surface area contributed by atoms with Gasteiger partial charge in [-0.15, -0.1) is 0 Å². The summed E-state index contributed by atoms with van der Waals surface area (Å²) in [4.78, 5) is 12.0. The van der Waals surface area contributed by atoms with E-state index in [0.717, 1.165) is 0 Å². The molecule has 0 aromatic heterocycles. The third-order valence-corrected chi connectivity index (χ3v) is 3.92. The summed E-state index contributed by atoms with van der Waals surface area (Å²) in [6.07, 6.45) is -0.400. The molecule has 2 aromatic rings. The normalized spacial score (nSPS) is 11.7. The van der Waals surface area contributed by atoms with Crippen LogP contribution < -0.4 is 14.8 Å². The molecule has 1 atom stereocenters. The zero-order valence-electron chi connectivity index (χ0n) is 13.6. The van der Waals surface area contributed by atoms with Gasteiger partial charge < -0.3 is 19.9 Å². The molecular weight excluding hydrogens is 330 g/mol. The van der Waals surface area contributed by atoms with Gasteiger partial charge in [-0.3, -0.25) is 4.79 Å². The first-order valence-electron chi connectivity index (χ1n) is 7.49. The average molecular weight is 350 g/mol. The van der Waals surface area contributed by atoms with Crippen molar-refractivity contribution in [3.63, 3.8) is 0 Å². The first kappa shape index (κ1) is 18.1. The van der Waals surface area contributed by atoms with Crippen molar-refractivity contribution in [3.8, 4) is 11.5 Å². The van der Waals surface area contributed by atoms with Crippen LogP contribution in [-0.4, -0.2) is 25.2 Å². The van der Waals surface area contributed by atoms with Gasteiger partial charge in [-0.2, -0.15) is 0 Å². The number of ether oxygens (including phenoxy) is 2. The molecule has 2 N–H and O–H groups in total. The molecule has 2 aromatic carbocycles. The Morgan fingerprint density at radius 2 is 1.96 bits per heavy atom. The van der Waals surface area contributed by atoms with E-state index in [9.17, 15) is 9.90 Å². The van der Waals surface area contributed by atoms with Crippen LogP contribution in [0.15, 0.2) is 42.5 Å². The third-order valence-electron chi connectivity index (χ3n) is 3.59. The zero-order valence-corrected chi connectivity index (χ0v) is 14.3. The van der Waals surface area contributed by atoms with Gasteiger partial charge in [0.05, 0.1) is 31.0 Å². The van der Waals surface area contributed by atoms with E-state index >= 15 is 0 Å². The van der Waals surface area contributed by atoms with Crippen LogP contribution in [0.2, 0.25) is 5.02 Å². The maximum absolute atomic E-state index is 12.0. The highest BCUT2D eigenvalue weighted by Crippen LogP contribution is 2.31. The highest BCUT2D eigenvalue weighted by atomic mass is 35.5. The Morgan fingerprint density at radius 1 is 1.21 bits per heavy atom. The third kappa shape index (κ3) is 4.63. The first-order chi connectivity index (χ1) is 11.5. The van der Waals surface area contributed by atoms with Crippen LogP contribution in [0.4, 0.5) is 5.69 Å². The lowest BCUT2D eigenvalue weighted by Gasteiger charge is -2.16. The van der Waals surface area contributed by atoms with Crippen molar-refractivity contribution in [2.45, 2.75) is 18.9 Å². The van der Waals surface area contributed by atoms with Gasteiger partial charge in [0.2, 0.25) is 5.91 Å². The van der Waals surface area contributed by atoms with E-state index < -0.39 is 6.10 Å². The van der Waals surface area contributed by atoms with Crippen LogP contribution >= 0.6 is 11.6 Å². The van der Waals surface area contributed by atoms with Gasteiger partial charge in [0.25, 0.3) is 0 Å². The van der Waals surface area contributed by atoms with Gasteiger partial charge in [0.1, 0.15) is 11.5 Å². The molecule has 0 saturated carbocycles. The van der Waals surface area contributed by atoms with Gasteiger partial charge in [0.15, 0.2) is 0 Å². The average Bonchev–Trinajstić information content (AvgIpc) is 2.61. The number of amides is 1. The smallest absolute Gasteiger partial charge is 0.224 e. The Labute approximate surface area is 146 Å². The lowest BCUT2D eigenvalue weighted by molar-refractivity contribution is -0.116. The van der Waals surface area contributed by atoms with Crippen molar-refractivity contribution in [2.24, 2.45) is 0 Å². The molecule has 1 unspecified atom stereocenters. The quantitative estimate of drug-likeness (QED) is 0.797. The maximum Gasteiger partial charge on any atom is 0.224 e. The molecule has 6 heteroatoms. The van der Waals surface area contributed by atoms with E-state index in [4.69, 9.17) is 21.1 Å². The molecule has 0 aliphatic carbocycles. The van der Waals surface area contributed by atoms with E-state index in [1.807, 2.05) is 0 Å². The largest absolute Gasteiger partial charge is 0.497 e. The number of halogens is 1. The van der Waals surface area contributed by atoms with Crippen molar-refractivity contribution in [1.29, 1.82) is 0 Å². The summed E-state index contributed by atoms with van der Waals surface area (Å²) < 4.78 is 10.4. The number of carbonyl (C=O) groups is 1. The number of nitrogens with one attached hydrogen (secondary N) is 1. The number of anilines is 1. The highest BCUT2D eigenvalue weighted by Gasteiger charge is 2.16. The van der Waals surface area contributed by atoms with Gasteiger partial charge in [-0.1, -0.05) is 23.7 Å². The number of benzene rings is 2. The van der Waals surface area contributed by atoms with Crippen molar-refractivity contribution in [2.75, 3.05) is 19.5 Å². The molecular formula is C18H20ClNO4. The predicted molar refractivity (Wildman–Crippen MR) is 93.8 cm³/mol. The zero-order chi connectivity index (χ0) is 17.5. The van der Waals surface area contributed by atoms with Crippen LogP contribution in [0.5, 0.6) is 11.5 Å². The molecule has 0 spiro atoms. The number of aliphatic hydroxyl groups is 1. The van der Waals surface area contributed by atoms with Crippen LogP contribution in [0.25, 0.3) is 0 Å². The van der Waals surface area contributed by atoms with E-state index in [0.29, 0.717) is 27.8 Å². The summed E-state index contributed by atoms with van der Waals surface area (Å²) in [5.41, 5.74) is 1.17. The molecule has 0 aliphatic heterocycles.